The third-order valence-electron chi connectivity index (χ3n) is 23.9. The lowest BCUT2D eigenvalue weighted by Crippen LogP contribution is -2.65. The second-order valence-electron chi connectivity index (χ2n) is 37.2. The number of aromatic nitrogens is 1. The number of H-pyrrole nitrogens is 1. The summed E-state index contributed by atoms with van der Waals surface area (Å²) in [4.78, 5) is 280. The van der Waals surface area contributed by atoms with Crippen molar-refractivity contribution in [3.05, 3.63) is 36.0 Å². The zero-order valence-electron chi connectivity index (χ0n) is 79.0. The number of fused-ring (bicyclic) bond motifs is 3. The van der Waals surface area contributed by atoms with Gasteiger partial charge in [0.2, 0.25) is 118 Å². The highest BCUT2D eigenvalue weighted by atomic mass is 16.3. The number of aliphatic hydroxyl groups is 1. The summed E-state index contributed by atoms with van der Waals surface area (Å²) in [5.74, 6) is -20.8. The van der Waals surface area contributed by atoms with Gasteiger partial charge in [0.25, 0.3) is 0 Å². The van der Waals surface area contributed by atoms with Crippen LogP contribution in [0.3, 0.4) is 0 Å². The number of nitrogens with one attached hydrogen (secondary N) is 18. The summed E-state index contributed by atoms with van der Waals surface area (Å²) in [5.41, 5.74) is 30.9. The molecule has 742 valence electrons. The molecule has 0 radical (unpaired) electrons. The maximum absolute atomic E-state index is 14.8. The Kier molecular flexibility index (Phi) is 44.7. The fourth-order valence-corrected chi connectivity index (χ4v) is 16.3. The largest absolute Gasteiger partial charge is 0.391 e. The molecule has 45 heteroatoms. The average molecular weight is 1870 g/mol. The number of hydrogen-bond donors (Lipinski definition) is 25. The first-order valence-corrected chi connectivity index (χ1v) is 45.4. The van der Waals surface area contributed by atoms with Gasteiger partial charge in [-0.25, -0.2) is 0 Å². The Labute approximate surface area is 774 Å². The maximum Gasteiger partial charge on any atom is 0.245 e. The first kappa shape index (κ1) is 113. The summed E-state index contributed by atoms with van der Waals surface area (Å²) in [5, 5.41) is 60.4. The van der Waals surface area contributed by atoms with Crippen LogP contribution in [0.2, 0.25) is 0 Å². The number of benzene rings is 1. The lowest BCUT2D eigenvalue weighted by Gasteiger charge is -2.53. The van der Waals surface area contributed by atoms with Crippen LogP contribution in [0.4, 0.5) is 0 Å². The quantitative estimate of drug-likeness (QED) is 0.0130. The molecule has 2 bridgehead atoms. The van der Waals surface area contributed by atoms with E-state index < -0.39 is 275 Å². The molecular weight excluding hydrogens is 1730 g/mol. The molecule has 45 nitrogen and oxygen atoms in total. The Hall–Kier alpha value is -12.4. The predicted molar refractivity (Wildman–Crippen MR) is 488 cm³/mol. The van der Waals surface area contributed by atoms with Gasteiger partial charge in [0.1, 0.15) is 78.5 Å². The Bertz CT molecular complexity index is 4470. The third-order valence-corrected chi connectivity index (χ3v) is 23.9. The molecule has 1 aliphatic heterocycles. The van der Waals surface area contributed by atoms with Crippen LogP contribution in [-0.2, 0) is 102 Å². The fraction of sp³-hybridized carbons (Fsp3) is 0.670. The Morgan fingerprint density at radius 2 is 0.850 bits per heavy atom. The summed E-state index contributed by atoms with van der Waals surface area (Å²) < 4.78 is 0. The second-order valence-corrected chi connectivity index (χ2v) is 37.2. The van der Waals surface area contributed by atoms with E-state index in [-0.39, 0.29) is 108 Å². The standard InChI is InChI=1S/C88H144N24O21/c1-16-46(9)66(69(93)118)110-76(125)54(26-22-34-96-85(94)95)100-70(119)48(11)99-72(121)55(27-30-61(90)114)102-77(126)58(35-43(3)4)104-74(123)56(28-31-62(91)115)101-73(122)53(25-20-21-33-89)103-80(129)67(47(10)17-2)108-64(117)39-98-71(120)60(37-50-38-97-52-24-19-18-23-51(50)52)106-79(128)65(45(7)8)109-81(130)68(49(12)113)111-78(127)59(36-44(5)6)105-75(124)57(29-32-63(92)116)107-82(131)86(13)40-87(14)42-88(15,41-86)84(133)112-83(87)132/h18-19,23-24,38,43-49,53-60,65-68,97,113H,16-17,20-22,25-37,39-42,89H2,1-15H3,(H2,90,114)(H2,91,115)(H2,92,116)(H2,93,118)(H,98,120)(H,99,121)(H,100,119)(H,101,122)(H,102,126)(H,103,129)(H,104,123)(H,105,124)(H,106,128)(H,107,131)(H,108,117)(H,109,130)(H,110,125)(H,111,127)(H4,94,95,96)(H,112,132,133)/t46-,47-,48-,49+,53-,54-,55-,56-,57-,58-,59-,60-,65-,66-,67-,68-,87-,88-/m0/s1. The molecule has 1 aromatic heterocycles. The first-order valence-electron chi connectivity index (χ1n) is 45.4. The molecule has 2 aromatic rings. The van der Waals surface area contributed by atoms with E-state index in [9.17, 15) is 101 Å². The van der Waals surface area contributed by atoms with Gasteiger partial charge < -0.3 is 124 Å². The number of amides is 20. The van der Waals surface area contributed by atoms with Crippen molar-refractivity contribution in [1.29, 1.82) is 5.41 Å². The molecule has 31 N–H and O–H groups in total. The van der Waals surface area contributed by atoms with Gasteiger partial charge >= 0.3 is 0 Å². The lowest BCUT2D eigenvalue weighted by atomic mass is 9.52. The number of aromatic amines is 1. The van der Waals surface area contributed by atoms with E-state index in [0.29, 0.717) is 29.3 Å². The van der Waals surface area contributed by atoms with Crippen molar-refractivity contribution in [2.75, 3.05) is 19.6 Å². The van der Waals surface area contributed by atoms with Gasteiger partial charge in [-0.15, -0.1) is 0 Å². The molecule has 1 aliphatic carbocycles. The highest BCUT2D eigenvalue weighted by Gasteiger charge is 2.61. The molecule has 20 amide bonds. The normalized spacial score (nSPS) is 19.4. The molecule has 0 unspecified atom stereocenters. The number of carbonyl (C=O) groups excluding carboxylic acids is 20. The smallest absolute Gasteiger partial charge is 0.245 e. The first-order chi connectivity index (χ1) is 62.1. The summed E-state index contributed by atoms with van der Waals surface area (Å²) in [6, 6.07) is -12.5. The van der Waals surface area contributed by atoms with E-state index in [2.05, 4.69) is 90.1 Å². The van der Waals surface area contributed by atoms with Crippen LogP contribution in [0.25, 0.3) is 10.9 Å². The summed E-state index contributed by atoms with van der Waals surface area (Å²) in [6.07, 6.45) is -1.82. The number of aliphatic hydroxyl groups excluding tert-OH is 1. The van der Waals surface area contributed by atoms with Gasteiger partial charge in [-0.2, -0.15) is 0 Å². The Balaban J connectivity index is 1.57. The molecule has 18 atom stereocenters. The molecule has 1 saturated heterocycles. The number of nitrogens with two attached hydrogens (primary N) is 6. The van der Waals surface area contributed by atoms with E-state index in [1.54, 1.807) is 120 Å². The number of carbonyl (C=O) groups is 20. The summed E-state index contributed by atoms with van der Waals surface area (Å²) in [7, 11) is 0. The van der Waals surface area contributed by atoms with Crippen LogP contribution in [-0.4, -0.2) is 238 Å². The molecule has 2 fully saturated rings. The van der Waals surface area contributed by atoms with Crippen molar-refractivity contribution in [3.8, 4) is 0 Å². The zero-order valence-corrected chi connectivity index (χ0v) is 79.0. The maximum atomic E-state index is 14.8. The van der Waals surface area contributed by atoms with Gasteiger partial charge in [0.05, 0.1) is 12.6 Å². The monoisotopic (exact) mass is 1870 g/mol. The van der Waals surface area contributed by atoms with Gasteiger partial charge in [-0.1, -0.05) is 121 Å². The van der Waals surface area contributed by atoms with Gasteiger partial charge in [-0.05, 0) is 145 Å². The summed E-state index contributed by atoms with van der Waals surface area (Å²) in [6.45, 7) is 23.4. The van der Waals surface area contributed by atoms with Crippen molar-refractivity contribution >= 4 is 135 Å². The van der Waals surface area contributed by atoms with Crippen molar-refractivity contribution in [2.45, 2.75) is 310 Å². The second kappa shape index (κ2) is 52.7. The predicted octanol–water partition coefficient (Wildman–Crippen LogP) is -4.10. The van der Waals surface area contributed by atoms with Crippen molar-refractivity contribution in [3.63, 3.8) is 0 Å². The molecule has 2 aliphatic rings. The zero-order chi connectivity index (χ0) is 100. The minimum Gasteiger partial charge on any atom is -0.391 e. The van der Waals surface area contributed by atoms with Crippen molar-refractivity contribution in [1.82, 2.24) is 90.1 Å². The fourth-order valence-electron chi connectivity index (χ4n) is 16.3. The number of imide groups is 1. The third kappa shape index (κ3) is 35.6. The van der Waals surface area contributed by atoms with Crippen LogP contribution in [0.5, 0.6) is 0 Å². The Morgan fingerprint density at radius 1 is 0.444 bits per heavy atom. The minimum absolute atomic E-state index is 0.00679. The van der Waals surface area contributed by atoms with Gasteiger partial charge in [-0.3, -0.25) is 107 Å². The van der Waals surface area contributed by atoms with Crippen molar-refractivity contribution < 1.29 is 101 Å². The topological polar surface area (TPSA) is 750 Å². The molecule has 1 aromatic carbocycles. The number of piperidine rings is 1. The van der Waals surface area contributed by atoms with Gasteiger partial charge in [0.15, 0.2) is 5.96 Å². The molecule has 133 heavy (non-hydrogen) atoms. The van der Waals surface area contributed by atoms with Gasteiger partial charge in [0, 0.05) is 65.6 Å². The molecule has 0 spiro atoms. The van der Waals surface area contributed by atoms with E-state index in [0.717, 1.165) is 0 Å². The van der Waals surface area contributed by atoms with E-state index in [1.165, 1.54) is 13.8 Å². The number of guanidine groups is 1. The molecule has 2 heterocycles. The Morgan fingerprint density at radius 3 is 1.32 bits per heavy atom. The highest BCUT2D eigenvalue weighted by Crippen LogP contribution is 2.56. The minimum atomic E-state index is -1.83. The van der Waals surface area contributed by atoms with Crippen LogP contribution in [0.15, 0.2) is 30.5 Å². The van der Waals surface area contributed by atoms with Crippen LogP contribution in [0.1, 0.15) is 225 Å². The van der Waals surface area contributed by atoms with Crippen LogP contribution < -0.4 is 119 Å². The number of para-hydroxylation sites is 1. The number of rotatable bonds is 58. The SMILES string of the molecule is CC[C@H](C)[C@H](NC(=O)[C@H](CCCNC(=N)N)NC(=O)[C@H](C)NC(=O)[C@H](CCC(N)=O)NC(=O)[C@H](CC(C)C)NC(=O)[C@H](CCC(N)=O)NC(=O)[C@H](CCCCN)NC(=O)[C@@H](NC(=O)CNC(=O)[C@H](Cc1c[nH]c2ccccc12)NC(=O)[C@@H](NC(=O)[C@@H](NC(=O)[C@H](CC(C)C)NC(=O)[C@H](CCC(N)=O)NC(=O)C1(C)C[C@@]2(C)C[C@](C)(C1)C(=O)NC2=O)[C@@H](C)O)C(C)C)[C@@H](C)CC)C(N)=O. The molecular formula is C88H144N24O21. The lowest BCUT2D eigenvalue weighted by molar-refractivity contribution is -0.165. The molecule has 4 rings (SSSR count). The number of primary amides is 4. The summed E-state index contributed by atoms with van der Waals surface area (Å²) >= 11 is 0. The van der Waals surface area contributed by atoms with E-state index >= 15 is 0 Å². The van der Waals surface area contributed by atoms with E-state index in [1.807, 2.05) is 0 Å². The van der Waals surface area contributed by atoms with E-state index in [4.69, 9.17) is 39.8 Å². The molecule has 1 saturated carbocycles. The number of unbranched alkanes of at least 4 members (excludes halogenated alkanes) is 1. The highest BCUT2D eigenvalue weighted by molar-refractivity contribution is 6.06. The van der Waals surface area contributed by atoms with Crippen LogP contribution >= 0.6 is 0 Å². The van der Waals surface area contributed by atoms with Crippen molar-refractivity contribution in [2.24, 2.45) is 80.2 Å². The van der Waals surface area contributed by atoms with Crippen LogP contribution in [0, 0.1) is 51.2 Å². The average Bonchev–Trinajstić information content (AvgIpc) is 1.23. The number of hydrogen-bond acceptors (Lipinski definition) is 23.